The molecular weight excluding hydrogens is 909 g/mol. The Morgan fingerprint density at radius 1 is 0.311 bits per heavy atom. The molecule has 0 bridgehead atoms. The number of unbranched alkanes of at least 4 members (excludes halogenated alkanes) is 28. The molecule has 5 nitrogen and oxygen atoms in total. The van der Waals surface area contributed by atoms with Crippen LogP contribution in [0.5, 0.6) is 0 Å². The van der Waals surface area contributed by atoms with E-state index in [0.29, 0.717) is 19.4 Å². The molecule has 0 aromatic carbocycles. The van der Waals surface area contributed by atoms with Crippen LogP contribution in [-0.2, 0) is 23.8 Å². The lowest BCUT2D eigenvalue weighted by Crippen LogP contribution is -2.30. The molecule has 0 rings (SSSR count). The molecule has 0 saturated carbocycles. The largest absolute Gasteiger partial charge is 0.462 e. The highest BCUT2D eigenvalue weighted by atomic mass is 16.6. The van der Waals surface area contributed by atoms with E-state index < -0.39 is 6.10 Å². The number of hydrogen-bond donors (Lipinski definition) is 0. The van der Waals surface area contributed by atoms with E-state index in [1.807, 2.05) is 0 Å². The Balaban J connectivity index is 4.35. The van der Waals surface area contributed by atoms with Gasteiger partial charge in [-0.1, -0.05) is 259 Å². The molecule has 424 valence electrons. The van der Waals surface area contributed by atoms with Gasteiger partial charge in [-0.25, -0.2) is 0 Å². The number of carbonyl (C=O) groups is 2. The van der Waals surface area contributed by atoms with Gasteiger partial charge in [0.15, 0.2) is 6.10 Å². The quantitative estimate of drug-likeness (QED) is 0.0345. The summed E-state index contributed by atoms with van der Waals surface area (Å²) >= 11 is 0. The van der Waals surface area contributed by atoms with E-state index in [4.69, 9.17) is 14.2 Å². The maximum atomic E-state index is 12.9. The monoisotopic (exact) mass is 1030 g/mol. The van der Waals surface area contributed by atoms with Crippen molar-refractivity contribution in [1.82, 2.24) is 0 Å². The van der Waals surface area contributed by atoms with Gasteiger partial charge < -0.3 is 14.2 Å². The van der Waals surface area contributed by atoms with Gasteiger partial charge in [-0.2, -0.15) is 0 Å². The van der Waals surface area contributed by atoms with Crippen molar-refractivity contribution >= 4 is 11.9 Å². The number of allylic oxidation sites excluding steroid dienone is 18. The number of rotatable bonds is 57. The molecular formula is C69H118O5. The maximum absolute atomic E-state index is 12.9. The zero-order valence-corrected chi connectivity index (χ0v) is 48.8. The van der Waals surface area contributed by atoms with Crippen LogP contribution in [-0.4, -0.2) is 37.9 Å². The third-order valence-electron chi connectivity index (χ3n) is 13.3. The van der Waals surface area contributed by atoms with Crippen LogP contribution in [0.3, 0.4) is 0 Å². The van der Waals surface area contributed by atoms with E-state index in [1.54, 1.807) is 0 Å². The molecule has 0 saturated heterocycles. The average Bonchev–Trinajstić information content (AvgIpc) is 3.40. The van der Waals surface area contributed by atoms with Crippen LogP contribution in [0, 0.1) is 0 Å². The first-order valence-electron chi connectivity index (χ1n) is 31.4. The highest BCUT2D eigenvalue weighted by Gasteiger charge is 2.17. The van der Waals surface area contributed by atoms with Gasteiger partial charge in [-0.05, 0) is 128 Å². The van der Waals surface area contributed by atoms with Gasteiger partial charge in [0.2, 0.25) is 0 Å². The van der Waals surface area contributed by atoms with Gasteiger partial charge in [-0.15, -0.1) is 0 Å². The van der Waals surface area contributed by atoms with Gasteiger partial charge >= 0.3 is 11.9 Å². The molecule has 0 aromatic heterocycles. The Bertz CT molecular complexity index is 1440. The molecule has 0 aliphatic rings. The molecule has 0 aromatic rings. The fourth-order valence-corrected chi connectivity index (χ4v) is 8.60. The minimum absolute atomic E-state index is 0.0669. The Hall–Kier alpha value is -3.44. The highest BCUT2D eigenvalue weighted by Crippen LogP contribution is 2.15. The van der Waals surface area contributed by atoms with Crippen molar-refractivity contribution in [3.8, 4) is 0 Å². The average molecular weight is 1030 g/mol. The first-order valence-corrected chi connectivity index (χ1v) is 31.4. The predicted molar refractivity (Wildman–Crippen MR) is 325 cm³/mol. The standard InChI is InChI=1S/C69H118O5/c1-4-7-10-13-16-19-22-25-28-31-34-37-40-43-46-49-52-55-58-61-64-72-65-67(74-69(71)63-60-57-54-51-48-45-42-39-36-33-30-27-24-21-18-15-12-9-6-3)66-73-68(70)62-59-56-53-50-47-44-41-38-35-32-29-26-23-20-17-14-11-8-5-2/h8,11,16-21,25-30,34-35,37-38,67H,4-7,9-10,12-15,22-24,31-33,36,39-66H2,1-3H3/b11-8-,19-16-,20-17-,21-18-,28-25-,29-26-,30-27-,37-34-,38-35-. The number of hydrogen-bond acceptors (Lipinski definition) is 5. The van der Waals surface area contributed by atoms with Crippen LogP contribution in [0.25, 0.3) is 0 Å². The summed E-state index contributed by atoms with van der Waals surface area (Å²) in [6.07, 6.45) is 88.3. The molecule has 0 spiro atoms. The van der Waals surface area contributed by atoms with Gasteiger partial charge in [0.1, 0.15) is 6.61 Å². The summed E-state index contributed by atoms with van der Waals surface area (Å²) in [5.74, 6) is -0.420. The molecule has 0 aliphatic heterocycles. The summed E-state index contributed by atoms with van der Waals surface area (Å²) in [6.45, 7) is 7.64. The second-order valence-corrected chi connectivity index (χ2v) is 20.6. The van der Waals surface area contributed by atoms with E-state index in [2.05, 4.69) is 130 Å². The second kappa shape index (κ2) is 63.8. The van der Waals surface area contributed by atoms with E-state index in [1.165, 1.54) is 154 Å². The molecule has 1 atom stereocenters. The Morgan fingerprint density at radius 2 is 0.608 bits per heavy atom. The first kappa shape index (κ1) is 70.6. The normalized spacial score (nSPS) is 13.0. The summed E-state index contributed by atoms with van der Waals surface area (Å²) < 4.78 is 17.5. The minimum Gasteiger partial charge on any atom is -0.462 e. The van der Waals surface area contributed by atoms with Crippen LogP contribution in [0.2, 0.25) is 0 Å². The lowest BCUT2D eigenvalue weighted by atomic mass is 10.1. The van der Waals surface area contributed by atoms with Gasteiger partial charge in [0, 0.05) is 19.4 Å². The van der Waals surface area contributed by atoms with Crippen LogP contribution in [0.4, 0.5) is 0 Å². The SMILES string of the molecule is CC/C=C\C/C=C\C/C=C\C/C=C\CCCCCCCCC(=O)OCC(COCCCCCCCCC/C=C\C/C=C\C/C=C\CCCCC)OC(=O)CCCCCCCCCCC/C=C\C/C=C\CCCCC. The van der Waals surface area contributed by atoms with E-state index in [9.17, 15) is 9.59 Å². The molecule has 0 heterocycles. The first-order chi connectivity index (χ1) is 36.6. The molecule has 0 aliphatic carbocycles. The van der Waals surface area contributed by atoms with Gasteiger partial charge in [0.05, 0.1) is 6.61 Å². The number of esters is 2. The summed E-state index contributed by atoms with van der Waals surface area (Å²) in [6, 6.07) is 0. The van der Waals surface area contributed by atoms with Crippen LogP contribution in [0.15, 0.2) is 109 Å². The third-order valence-corrected chi connectivity index (χ3v) is 13.3. The molecule has 74 heavy (non-hydrogen) atoms. The number of carbonyl (C=O) groups excluding carboxylic acids is 2. The maximum Gasteiger partial charge on any atom is 0.306 e. The third kappa shape index (κ3) is 61.1. The molecule has 0 N–H and O–H groups in total. The van der Waals surface area contributed by atoms with Crippen molar-refractivity contribution in [3.63, 3.8) is 0 Å². The molecule has 5 heteroatoms. The molecule has 0 fully saturated rings. The fourth-order valence-electron chi connectivity index (χ4n) is 8.60. The van der Waals surface area contributed by atoms with E-state index in [-0.39, 0.29) is 25.2 Å². The van der Waals surface area contributed by atoms with Crippen molar-refractivity contribution < 1.29 is 23.8 Å². The van der Waals surface area contributed by atoms with Crippen molar-refractivity contribution in [3.05, 3.63) is 109 Å². The van der Waals surface area contributed by atoms with Crippen molar-refractivity contribution in [2.45, 2.75) is 297 Å². The van der Waals surface area contributed by atoms with E-state index in [0.717, 1.165) is 103 Å². The Labute approximate surface area is 459 Å². The van der Waals surface area contributed by atoms with E-state index >= 15 is 0 Å². The van der Waals surface area contributed by atoms with Gasteiger partial charge in [0.25, 0.3) is 0 Å². The Kier molecular flexibility index (Phi) is 60.9. The van der Waals surface area contributed by atoms with Crippen LogP contribution < -0.4 is 0 Å². The lowest BCUT2D eigenvalue weighted by Gasteiger charge is -2.18. The molecule has 0 radical (unpaired) electrons. The predicted octanol–water partition coefficient (Wildman–Crippen LogP) is 21.9. The topological polar surface area (TPSA) is 61.8 Å². The lowest BCUT2D eigenvalue weighted by molar-refractivity contribution is -0.163. The van der Waals surface area contributed by atoms with Crippen molar-refractivity contribution in [1.29, 1.82) is 0 Å². The molecule has 1 unspecified atom stereocenters. The summed E-state index contributed by atoms with van der Waals surface area (Å²) in [5, 5.41) is 0. The number of ether oxygens (including phenoxy) is 3. The summed E-state index contributed by atoms with van der Waals surface area (Å²) in [7, 11) is 0. The van der Waals surface area contributed by atoms with Crippen molar-refractivity contribution in [2.24, 2.45) is 0 Å². The second-order valence-electron chi connectivity index (χ2n) is 20.6. The Morgan fingerprint density at radius 3 is 0.973 bits per heavy atom. The summed E-state index contributed by atoms with van der Waals surface area (Å²) in [4.78, 5) is 25.6. The smallest absolute Gasteiger partial charge is 0.306 e. The minimum atomic E-state index is -0.559. The van der Waals surface area contributed by atoms with Crippen LogP contribution in [0.1, 0.15) is 290 Å². The summed E-state index contributed by atoms with van der Waals surface area (Å²) in [5.41, 5.74) is 0. The fraction of sp³-hybridized carbons (Fsp3) is 0.710. The van der Waals surface area contributed by atoms with Crippen LogP contribution >= 0.6 is 0 Å². The zero-order valence-electron chi connectivity index (χ0n) is 48.8. The van der Waals surface area contributed by atoms with Crippen molar-refractivity contribution in [2.75, 3.05) is 19.8 Å². The van der Waals surface area contributed by atoms with Gasteiger partial charge in [-0.3, -0.25) is 9.59 Å². The zero-order chi connectivity index (χ0) is 53.4. The molecule has 0 amide bonds. The highest BCUT2D eigenvalue weighted by molar-refractivity contribution is 5.70.